The van der Waals surface area contributed by atoms with Gasteiger partial charge in [0.1, 0.15) is 5.82 Å². The third-order valence-electron chi connectivity index (χ3n) is 4.19. The Morgan fingerprint density at radius 3 is 2.65 bits per heavy atom. The number of anilines is 1. The summed E-state index contributed by atoms with van der Waals surface area (Å²) < 4.78 is 10.4. The Labute approximate surface area is 119 Å². The number of rotatable bonds is 4. The Hall–Kier alpha value is -1.62. The van der Waals surface area contributed by atoms with Crippen molar-refractivity contribution in [1.82, 2.24) is 4.98 Å². The maximum atomic E-state index is 12.3. The molecule has 0 amide bonds. The highest BCUT2D eigenvalue weighted by atomic mass is 16.5. The summed E-state index contributed by atoms with van der Waals surface area (Å²) in [5, 5.41) is 0. The predicted octanol–water partition coefficient (Wildman–Crippen LogP) is 1.95. The quantitative estimate of drug-likeness (QED) is 0.852. The lowest BCUT2D eigenvalue weighted by molar-refractivity contribution is -0.156. The van der Waals surface area contributed by atoms with Gasteiger partial charge in [0.15, 0.2) is 0 Å². The summed E-state index contributed by atoms with van der Waals surface area (Å²) in [6.07, 6.45) is 4.06. The Kier molecular flexibility index (Phi) is 4.60. The Morgan fingerprint density at radius 1 is 1.40 bits per heavy atom. The molecule has 0 spiro atoms. The summed E-state index contributed by atoms with van der Waals surface area (Å²) in [5.41, 5.74) is 6.06. The maximum Gasteiger partial charge on any atom is 0.312 e. The van der Waals surface area contributed by atoms with Crippen LogP contribution in [0.3, 0.4) is 0 Å². The number of nitrogens with zero attached hydrogens (tertiary/aromatic N) is 1. The van der Waals surface area contributed by atoms with Gasteiger partial charge in [0, 0.05) is 19.2 Å². The first-order chi connectivity index (χ1) is 9.59. The molecule has 2 rings (SSSR count). The molecule has 1 heterocycles. The van der Waals surface area contributed by atoms with Crippen molar-refractivity contribution in [3.05, 3.63) is 23.9 Å². The van der Waals surface area contributed by atoms with Gasteiger partial charge in [0.05, 0.1) is 18.6 Å². The molecule has 0 atom stereocenters. The van der Waals surface area contributed by atoms with Crippen molar-refractivity contribution in [3.8, 4) is 0 Å². The molecule has 1 aliphatic carbocycles. The fourth-order valence-corrected chi connectivity index (χ4v) is 2.99. The normalized spacial score (nSPS) is 26.2. The van der Waals surface area contributed by atoms with Crippen LogP contribution in [-0.4, -0.2) is 31.3 Å². The summed E-state index contributed by atoms with van der Waals surface area (Å²) in [5.74, 6) is 0.323. The highest BCUT2D eigenvalue weighted by Crippen LogP contribution is 2.41. The molecule has 20 heavy (non-hydrogen) atoms. The minimum absolute atomic E-state index is 0.156. The third-order valence-corrected chi connectivity index (χ3v) is 4.19. The number of pyridine rings is 1. The lowest BCUT2D eigenvalue weighted by Gasteiger charge is -2.37. The highest BCUT2D eigenvalue weighted by molar-refractivity contribution is 5.77. The van der Waals surface area contributed by atoms with Gasteiger partial charge in [0.2, 0.25) is 0 Å². The standard InChI is InChI=1S/C15H22N2O3/c1-19-12-6-8-15(9-7-12,14(18)20-2)10-11-4-3-5-13(16)17-11/h3-5,12H,6-10H2,1-2H3,(H2,16,17). The van der Waals surface area contributed by atoms with Gasteiger partial charge in [-0.15, -0.1) is 0 Å². The van der Waals surface area contributed by atoms with E-state index in [0.29, 0.717) is 12.2 Å². The van der Waals surface area contributed by atoms with Gasteiger partial charge in [-0.1, -0.05) is 6.07 Å². The molecule has 5 heteroatoms. The number of hydrogen-bond donors (Lipinski definition) is 1. The van der Waals surface area contributed by atoms with Crippen LogP contribution in [0.4, 0.5) is 5.82 Å². The summed E-state index contributed by atoms with van der Waals surface area (Å²) in [4.78, 5) is 16.6. The van der Waals surface area contributed by atoms with E-state index >= 15 is 0 Å². The molecular formula is C15H22N2O3. The molecule has 0 aromatic carbocycles. The maximum absolute atomic E-state index is 12.3. The van der Waals surface area contributed by atoms with Crippen molar-refractivity contribution in [2.24, 2.45) is 5.41 Å². The molecule has 1 aromatic heterocycles. The first-order valence-corrected chi connectivity index (χ1v) is 6.92. The van der Waals surface area contributed by atoms with Crippen LogP contribution in [0, 0.1) is 5.41 Å². The summed E-state index contributed by atoms with van der Waals surface area (Å²) >= 11 is 0. The number of carbonyl (C=O) groups is 1. The van der Waals surface area contributed by atoms with Crippen LogP contribution in [0.1, 0.15) is 31.4 Å². The van der Waals surface area contributed by atoms with E-state index in [1.807, 2.05) is 12.1 Å². The van der Waals surface area contributed by atoms with E-state index in [2.05, 4.69) is 4.98 Å². The van der Waals surface area contributed by atoms with Crippen molar-refractivity contribution in [2.75, 3.05) is 20.0 Å². The zero-order valence-electron chi connectivity index (χ0n) is 12.1. The molecule has 1 aromatic rings. The van der Waals surface area contributed by atoms with Gasteiger partial charge < -0.3 is 15.2 Å². The van der Waals surface area contributed by atoms with Crippen molar-refractivity contribution in [3.63, 3.8) is 0 Å². The van der Waals surface area contributed by atoms with Crippen LogP contribution in [0.25, 0.3) is 0 Å². The van der Waals surface area contributed by atoms with E-state index in [1.54, 1.807) is 13.2 Å². The highest BCUT2D eigenvalue weighted by Gasteiger charge is 2.43. The minimum Gasteiger partial charge on any atom is -0.469 e. The molecule has 1 fully saturated rings. The molecule has 0 unspecified atom stereocenters. The summed E-state index contributed by atoms with van der Waals surface area (Å²) in [6, 6.07) is 5.52. The van der Waals surface area contributed by atoms with Gasteiger partial charge in [-0.3, -0.25) is 4.79 Å². The molecule has 1 aliphatic rings. The zero-order valence-corrected chi connectivity index (χ0v) is 12.1. The van der Waals surface area contributed by atoms with Crippen LogP contribution >= 0.6 is 0 Å². The number of aromatic nitrogens is 1. The molecule has 0 radical (unpaired) electrons. The van der Waals surface area contributed by atoms with E-state index < -0.39 is 5.41 Å². The lowest BCUT2D eigenvalue weighted by atomic mass is 9.70. The van der Waals surface area contributed by atoms with Gasteiger partial charge in [0.25, 0.3) is 0 Å². The van der Waals surface area contributed by atoms with E-state index in [1.165, 1.54) is 7.11 Å². The van der Waals surface area contributed by atoms with Crippen molar-refractivity contribution in [2.45, 2.75) is 38.2 Å². The number of esters is 1. The molecule has 5 nitrogen and oxygen atoms in total. The van der Waals surface area contributed by atoms with Crippen LogP contribution in [0.2, 0.25) is 0 Å². The minimum atomic E-state index is -0.495. The number of hydrogen-bond acceptors (Lipinski definition) is 5. The van der Waals surface area contributed by atoms with E-state index in [0.717, 1.165) is 31.4 Å². The first-order valence-electron chi connectivity index (χ1n) is 6.92. The number of methoxy groups -OCH3 is 2. The number of ether oxygens (including phenoxy) is 2. The third kappa shape index (κ3) is 3.10. The lowest BCUT2D eigenvalue weighted by Crippen LogP contribution is -2.40. The Bertz CT molecular complexity index is 468. The van der Waals surface area contributed by atoms with Crippen LogP contribution in [0.5, 0.6) is 0 Å². The second kappa shape index (κ2) is 6.22. The van der Waals surface area contributed by atoms with Crippen molar-refractivity contribution in [1.29, 1.82) is 0 Å². The van der Waals surface area contributed by atoms with Crippen LogP contribution in [0.15, 0.2) is 18.2 Å². The molecule has 1 saturated carbocycles. The van der Waals surface area contributed by atoms with E-state index in [4.69, 9.17) is 15.2 Å². The zero-order chi connectivity index (χ0) is 14.6. The fourth-order valence-electron chi connectivity index (χ4n) is 2.99. The second-order valence-corrected chi connectivity index (χ2v) is 5.44. The number of nitrogen functional groups attached to an aromatic ring is 1. The van der Waals surface area contributed by atoms with Crippen LogP contribution in [-0.2, 0) is 20.7 Å². The van der Waals surface area contributed by atoms with Gasteiger partial charge in [-0.25, -0.2) is 4.98 Å². The molecule has 0 saturated heterocycles. The summed E-state index contributed by atoms with van der Waals surface area (Å²) in [6.45, 7) is 0. The van der Waals surface area contributed by atoms with Gasteiger partial charge in [-0.05, 0) is 37.8 Å². The fraction of sp³-hybridized carbons (Fsp3) is 0.600. The van der Waals surface area contributed by atoms with Crippen molar-refractivity contribution < 1.29 is 14.3 Å². The number of carbonyl (C=O) groups excluding carboxylic acids is 1. The van der Waals surface area contributed by atoms with Crippen LogP contribution < -0.4 is 5.73 Å². The Balaban J connectivity index is 2.18. The Morgan fingerprint density at radius 2 is 2.10 bits per heavy atom. The largest absolute Gasteiger partial charge is 0.469 e. The van der Waals surface area contributed by atoms with Gasteiger partial charge >= 0.3 is 5.97 Å². The molecular weight excluding hydrogens is 256 g/mol. The second-order valence-electron chi connectivity index (χ2n) is 5.44. The average molecular weight is 278 g/mol. The van der Waals surface area contributed by atoms with Crippen molar-refractivity contribution >= 4 is 11.8 Å². The predicted molar refractivity (Wildman–Crippen MR) is 76.1 cm³/mol. The summed E-state index contributed by atoms with van der Waals surface area (Å²) in [7, 11) is 3.16. The monoisotopic (exact) mass is 278 g/mol. The molecule has 0 aliphatic heterocycles. The average Bonchev–Trinajstić information content (AvgIpc) is 2.47. The van der Waals surface area contributed by atoms with Gasteiger partial charge in [-0.2, -0.15) is 0 Å². The first kappa shape index (κ1) is 14.8. The molecule has 110 valence electrons. The topological polar surface area (TPSA) is 74.4 Å². The SMILES string of the molecule is COC(=O)C1(Cc2cccc(N)n2)CCC(OC)CC1. The molecule has 0 bridgehead atoms. The smallest absolute Gasteiger partial charge is 0.312 e. The van der Waals surface area contributed by atoms with E-state index in [9.17, 15) is 4.79 Å². The van der Waals surface area contributed by atoms with E-state index in [-0.39, 0.29) is 12.1 Å². The molecule has 2 N–H and O–H groups in total. The number of nitrogens with two attached hydrogens (primary N) is 1.